The number of fused-ring (bicyclic) bond motifs is 1. The van der Waals surface area contributed by atoms with E-state index in [1.807, 2.05) is 32.0 Å². The van der Waals surface area contributed by atoms with Gasteiger partial charge in [0, 0.05) is 5.69 Å². The highest BCUT2D eigenvalue weighted by Gasteiger charge is 2.24. The highest BCUT2D eigenvalue weighted by atomic mass is 16.3. The van der Waals surface area contributed by atoms with Gasteiger partial charge in [-0.05, 0) is 39.0 Å². The summed E-state index contributed by atoms with van der Waals surface area (Å²) in [6.07, 6.45) is -0.485. The Hall–Kier alpha value is -1.75. The Balaban J connectivity index is 2.31. The zero-order valence-corrected chi connectivity index (χ0v) is 10.3. The molecule has 0 aliphatic rings. The Morgan fingerprint density at radius 1 is 1.47 bits per heavy atom. The Bertz CT molecular complexity index is 530. The lowest BCUT2D eigenvalue weighted by molar-refractivity contribution is 0.133. The monoisotopic (exact) mass is 234 g/mol. The summed E-state index contributed by atoms with van der Waals surface area (Å²) in [4.78, 5) is 7.52. The number of rotatable bonds is 3. The number of benzene rings is 1. The smallest absolute Gasteiger partial charge is 0.201 e. The minimum atomic E-state index is -0.485. The van der Waals surface area contributed by atoms with Crippen LogP contribution >= 0.6 is 0 Å². The molecule has 0 aliphatic carbocycles. The molecule has 5 N–H and O–H groups in total. The molecule has 0 amide bonds. The Morgan fingerprint density at radius 3 is 2.82 bits per heavy atom. The average molecular weight is 234 g/mol. The number of aliphatic hydroxyl groups excluding tert-OH is 1. The van der Waals surface area contributed by atoms with Crippen LogP contribution in [0.1, 0.15) is 20.8 Å². The van der Waals surface area contributed by atoms with E-state index >= 15 is 0 Å². The van der Waals surface area contributed by atoms with E-state index in [0.29, 0.717) is 11.6 Å². The predicted molar refractivity (Wildman–Crippen MR) is 69.9 cm³/mol. The fourth-order valence-electron chi connectivity index (χ4n) is 1.50. The number of H-pyrrole nitrogens is 1. The third-order valence-electron chi connectivity index (χ3n) is 2.99. The van der Waals surface area contributed by atoms with Crippen molar-refractivity contribution in [2.45, 2.75) is 32.4 Å². The molecule has 0 fully saturated rings. The third-order valence-corrected chi connectivity index (χ3v) is 2.99. The van der Waals surface area contributed by atoms with Gasteiger partial charge in [-0.25, -0.2) is 4.98 Å². The van der Waals surface area contributed by atoms with Crippen molar-refractivity contribution in [1.29, 1.82) is 0 Å². The minimum Gasteiger partial charge on any atom is -0.399 e. The van der Waals surface area contributed by atoms with Crippen LogP contribution < -0.4 is 11.1 Å². The molecule has 0 radical (unpaired) electrons. The van der Waals surface area contributed by atoms with E-state index in [-0.39, 0.29) is 0 Å². The van der Waals surface area contributed by atoms with Gasteiger partial charge in [0.05, 0.1) is 22.7 Å². The van der Waals surface area contributed by atoms with Gasteiger partial charge >= 0.3 is 0 Å². The summed E-state index contributed by atoms with van der Waals surface area (Å²) in [7, 11) is 0. The van der Waals surface area contributed by atoms with E-state index in [0.717, 1.165) is 11.0 Å². The highest BCUT2D eigenvalue weighted by molar-refractivity contribution is 5.80. The summed E-state index contributed by atoms with van der Waals surface area (Å²) >= 11 is 0. The molecule has 1 heterocycles. The quantitative estimate of drug-likeness (QED) is 0.609. The second-order valence-corrected chi connectivity index (χ2v) is 4.88. The van der Waals surface area contributed by atoms with Crippen molar-refractivity contribution in [2.75, 3.05) is 11.1 Å². The van der Waals surface area contributed by atoms with Gasteiger partial charge in [-0.1, -0.05) is 0 Å². The van der Waals surface area contributed by atoms with Crippen molar-refractivity contribution in [2.24, 2.45) is 0 Å². The lowest BCUT2D eigenvalue weighted by Crippen LogP contribution is -2.42. The molecule has 1 atom stereocenters. The lowest BCUT2D eigenvalue weighted by atomic mass is 9.99. The number of hydrogen-bond acceptors (Lipinski definition) is 4. The van der Waals surface area contributed by atoms with E-state index in [4.69, 9.17) is 5.73 Å². The molecule has 0 aliphatic heterocycles. The maximum atomic E-state index is 9.64. The van der Waals surface area contributed by atoms with Gasteiger partial charge in [-0.2, -0.15) is 0 Å². The van der Waals surface area contributed by atoms with Gasteiger partial charge in [0.2, 0.25) is 5.95 Å². The van der Waals surface area contributed by atoms with E-state index in [9.17, 15) is 5.11 Å². The maximum Gasteiger partial charge on any atom is 0.201 e. The summed E-state index contributed by atoms with van der Waals surface area (Å²) < 4.78 is 0. The molecule has 1 unspecified atom stereocenters. The summed E-state index contributed by atoms with van der Waals surface area (Å²) in [5.41, 5.74) is 7.69. The van der Waals surface area contributed by atoms with Crippen LogP contribution in [-0.4, -0.2) is 26.7 Å². The number of nitrogens with one attached hydrogen (secondary N) is 2. The molecule has 5 heteroatoms. The van der Waals surface area contributed by atoms with Gasteiger partial charge in [0.15, 0.2) is 0 Å². The molecular weight excluding hydrogens is 216 g/mol. The minimum absolute atomic E-state index is 0.445. The van der Waals surface area contributed by atoms with Crippen LogP contribution in [-0.2, 0) is 0 Å². The number of imidazole rings is 1. The average Bonchev–Trinajstić information content (AvgIpc) is 2.57. The third kappa shape index (κ3) is 2.34. The van der Waals surface area contributed by atoms with Crippen LogP contribution in [0.25, 0.3) is 11.0 Å². The van der Waals surface area contributed by atoms with Gasteiger partial charge in [0.25, 0.3) is 0 Å². The van der Waals surface area contributed by atoms with Crippen molar-refractivity contribution in [3.05, 3.63) is 18.2 Å². The standard InChI is InChI=1S/C12H18N4O/c1-7(17)12(2,3)16-11-14-9-5-4-8(13)6-10(9)15-11/h4-7,17H,13H2,1-3H3,(H2,14,15,16). The topological polar surface area (TPSA) is 87.0 Å². The first-order valence-electron chi connectivity index (χ1n) is 5.60. The van der Waals surface area contributed by atoms with Crippen LogP contribution in [0.5, 0.6) is 0 Å². The first-order chi connectivity index (χ1) is 7.88. The van der Waals surface area contributed by atoms with Crippen molar-refractivity contribution >= 4 is 22.7 Å². The Morgan fingerprint density at radius 2 is 2.18 bits per heavy atom. The Kier molecular flexibility index (Phi) is 2.71. The number of aliphatic hydroxyl groups is 1. The number of nitrogens with two attached hydrogens (primary N) is 1. The normalized spacial score (nSPS) is 13.9. The zero-order valence-electron chi connectivity index (χ0n) is 10.3. The van der Waals surface area contributed by atoms with Gasteiger partial charge in [0.1, 0.15) is 0 Å². The van der Waals surface area contributed by atoms with Gasteiger partial charge in [-0.3, -0.25) is 0 Å². The van der Waals surface area contributed by atoms with Crippen molar-refractivity contribution in [3.8, 4) is 0 Å². The molecule has 5 nitrogen and oxygen atoms in total. The lowest BCUT2D eigenvalue weighted by Gasteiger charge is -2.28. The van der Waals surface area contributed by atoms with Crippen LogP contribution in [0.2, 0.25) is 0 Å². The fourth-order valence-corrected chi connectivity index (χ4v) is 1.50. The summed E-state index contributed by atoms with van der Waals surface area (Å²) in [6, 6.07) is 5.51. The molecule has 92 valence electrons. The molecule has 0 spiro atoms. The molecule has 2 rings (SSSR count). The van der Waals surface area contributed by atoms with E-state index < -0.39 is 11.6 Å². The maximum absolute atomic E-state index is 9.64. The van der Waals surface area contributed by atoms with E-state index in [2.05, 4.69) is 15.3 Å². The van der Waals surface area contributed by atoms with E-state index in [1.54, 1.807) is 6.92 Å². The predicted octanol–water partition coefficient (Wildman–Crippen LogP) is 1.72. The summed E-state index contributed by atoms with van der Waals surface area (Å²) in [5.74, 6) is 0.636. The fraction of sp³-hybridized carbons (Fsp3) is 0.417. The number of aromatic nitrogens is 2. The first-order valence-corrected chi connectivity index (χ1v) is 5.60. The molecular formula is C12H18N4O. The van der Waals surface area contributed by atoms with Crippen LogP contribution in [0.4, 0.5) is 11.6 Å². The number of nitrogen functional groups attached to an aromatic ring is 1. The molecule has 17 heavy (non-hydrogen) atoms. The van der Waals surface area contributed by atoms with Gasteiger partial charge < -0.3 is 21.1 Å². The molecule has 1 aromatic carbocycles. The zero-order chi connectivity index (χ0) is 12.6. The van der Waals surface area contributed by atoms with Crippen LogP contribution in [0, 0.1) is 0 Å². The second-order valence-electron chi connectivity index (χ2n) is 4.88. The molecule has 0 saturated heterocycles. The molecule has 0 saturated carbocycles. The molecule has 1 aromatic heterocycles. The second kappa shape index (κ2) is 3.92. The van der Waals surface area contributed by atoms with Crippen molar-refractivity contribution in [3.63, 3.8) is 0 Å². The molecule has 0 bridgehead atoms. The van der Waals surface area contributed by atoms with Crippen molar-refractivity contribution in [1.82, 2.24) is 9.97 Å². The van der Waals surface area contributed by atoms with Gasteiger partial charge in [-0.15, -0.1) is 0 Å². The largest absolute Gasteiger partial charge is 0.399 e. The number of hydrogen-bond donors (Lipinski definition) is 4. The van der Waals surface area contributed by atoms with Crippen molar-refractivity contribution < 1.29 is 5.11 Å². The summed E-state index contributed by atoms with van der Waals surface area (Å²) in [6.45, 7) is 5.58. The SMILES string of the molecule is CC(O)C(C)(C)Nc1nc2ccc(N)cc2[nH]1. The molecule has 2 aromatic rings. The Labute approximate surface area is 100 Å². The first kappa shape index (κ1) is 11.7. The highest BCUT2D eigenvalue weighted by Crippen LogP contribution is 2.20. The summed E-state index contributed by atoms with van der Waals surface area (Å²) in [5, 5.41) is 12.8. The number of nitrogens with zero attached hydrogens (tertiary/aromatic N) is 1. The number of anilines is 2. The van der Waals surface area contributed by atoms with Crippen LogP contribution in [0.15, 0.2) is 18.2 Å². The van der Waals surface area contributed by atoms with Crippen LogP contribution in [0.3, 0.4) is 0 Å². The van der Waals surface area contributed by atoms with E-state index in [1.165, 1.54) is 0 Å². The number of aromatic amines is 1.